The number of benzene rings is 1. The number of carbonyl (C=O) groups is 1. The van der Waals surface area contributed by atoms with Gasteiger partial charge < -0.3 is 15.6 Å². The van der Waals surface area contributed by atoms with Crippen LogP contribution in [0.4, 0.5) is 5.69 Å². The number of hydrogen-bond acceptors (Lipinski definition) is 2. The van der Waals surface area contributed by atoms with Crippen LogP contribution in [0.25, 0.3) is 0 Å². The molecule has 102 valence electrons. The second-order valence-corrected chi connectivity index (χ2v) is 4.22. The summed E-state index contributed by atoms with van der Waals surface area (Å²) >= 11 is 0. The number of rotatable bonds is 3. The van der Waals surface area contributed by atoms with Crippen LogP contribution in [0.1, 0.15) is 23.0 Å². The highest BCUT2D eigenvalue weighted by molar-refractivity contribution is 6.03. The maximum atomic E-state index is 12.1. The average Bonchev–Trinajstić information content (AvgIpc) is 2.95. The highest BCUT2D eigenvalue weighted by atomic mass is 16.1. The fourth-order valence-electron chi connectivity index (χ4n) is 1.88. The molecule has 0 bridgehead atoms. The van der Waals surface area contributed by atoms with Crippen molar-refractivity contribution < 1.29 is 4.79 Å². The summed E-state index contributed by atoms with van der Waals surface area (Å²) in [5, 5.41) is 2.87. The molecule has 0 aliphatic heterocycles. The number of aromatic nitrogens is 1. The molecule has 0 aliphatic carbocycles. The summed E-state index contributed by atoms with van der Waals surface area (Å²) < 4.78 is 1.90. The van der Waals surface area contributed by atoms with Crippen molar-refractivity contribution in [3.05, 3.63) is 53.9 Å². The molecule has 1 aromatic carbocycles. The molecule has 1 aromatic heterocycles. The summed E-state index contributed by atoms with van der Waals surface area (Å²) in [5.41, 5.74) is 7.60. The van der Waals surface area contributed by atoms with Crippen LogP contribution in [0.2, 0.25) is 0 Å². The zero-order valence-electron chi connectivity index (χ0n) is 11.4. The number of anilines is 1. The van der Waals surface area contributed by atoms with Gasteiger partial charge in [-0.15, -0.1) is 0 Å². The van der Waals surface area contributed by atoms with E-state index in [0.29, 0.717) is 12.2 Å². The molecule has 0 atom stereocenters. The van der Waals surface area contributed by atoms with Crippen LogP contribution in [-0.4, -0.2) is 17.0 Å². The third-order valence-corrected chi connectivity index (χ3v) is 2.88. The first kappa shape index (κ1) is 13.9. The van der Waals surface area contributed by atoms with Crippen LogP contribution in [0.5, 0.6) is 0 Å². The Kier molecular flexibility index (Phi) is 4.59. The first-order valence-electron chi connectivity index (χ1n) is 6.50. The molecule has 0 spiro atoms. The summed E-state index contributed by atoms with van der Waals surface area (Å²) in [5.74, 6) is 5.61. The molecule has 0 saturated heterocycles. The molecule has 0 aliphatic rings. The third kappa shape index (κ3) is 3.28. The Morgan fingerprint density at radius 3 is 2.70 bits per heavy atom. The molecule has 0 saturated carbocycles. The van der Waals surface area contributed by atoms with Crippen molar-refractivity contribution in [3.63, 3.8) is 0 Å². The van der Waals surface area contributed by atoms with Crippen molar-refractivity contribution >= 4 is 11.6 Å². The van der Waals surface area contributed by atoms with E-state index >= 15 is 0 Å². The van der Waals surface area contributed by atoms with Gasteiger partial charge in [0.25, 0.3) is 5.91 Å². The molecule has 2 rings (SSSR count). The van der Waals surface area contributed by atoms with Gasteiger partial charge >= 0.3 is 0 Å². The maximum absolute atomic E-state index is 12.1. The molecule has 1 heterocycles. The van der Waals surface area contributed by atoms with Crippen molar-refractivity contribution in [2.24, 2.45) is 5.73 Å². The van der Waals surface area contributed by atoms with Gasteiger partial charge in [0.15, 0.2) is 0 Å². The minimum absolute atomic E-state index is 0.113. The number of hydrogen-bond donors (Lipinski definition) is 2. The molecule has 20 heavy (non-hydrogen) atoms. The molecule has 4 nitrogen and oxygen atoms in total. The quantitative estimate of drug-likeness (QED) is 0.836. The van der Waals surface area contributed by atoms with E-state index in [0.717, 1.165) is 17.8 Å². The molecule has 0 radical (unpaired) electrons. The van der Waals surface area contributed by atoms with Crippen molar-refractivity contribution in [1.82, 2.24) is 4.57 Å². The lowest BCUT2D eigenvalue weighted by Gasteiger charge is -2.07. The van der Waals surface area contributed by atoms with Gasteiger partial charge in [-0.05, 0) is 43.3 Å². The van der Waals surface area contributed by atoms with Crippen LogP contribution in [-0.2, 0) is 6.54 Å². The van der Waals surface area contributed by atoms with E-state index in [2.05, 4.69) is 17.2 Å². The first-order chi connectivity index (χ1) is 9.74. The molecular weight excluding hydrogens is 250 g/mol. The normalized spacial score (nSPS) is 9.70. The Hall–Kier alpha value is -2.51. The number of carbonyl (C=O) groups excluding carboxylic acids is 1. The highest BCUT2D eigenvalue weighted by Gasteiger charge is 2.09. The van der Waals surface area contributed by atoms with Crippen LogP contribution in [0.3, 0.4) is 0 Å². The van der Waals surface area contributed by atoms with E-state index in [4.69, 9.17) is 5.73 Å². The SMILES string of the molecule is CCn1cccc1C(=O)Nc1ccc(C#CCN)cc1. The Labute approximate surface area is 118 Å². The minimum atomic E-state index is -0.113. The number of nitrogens with one attached hydrogen (secondary N) is 1. The zero-order chi connectivity index (χ0) is 14.4. The van der Waals surface area contributed by atoms with Crippen LogP contribution >= 0.6 is 0 Å². The van der Waals surface area contributed by atoms with Gasteiger partial charge in [0.05, 0.1) is 6.54 Å². The van der Waals surface area contributed by atoms with Gasteiger partial charge in [0, 0.05) is 24.0 Å². The highest BCUT2D eigenvalue weighted by Crippen LogP contribution is 2.11. The van der Waals surface area contributed by atoms with Gasteiger partial charge in [0.2, 0.25) is 0 Å². The summed E-state index contributed by atoms with van der Waals surface area (Å²) in [7, 11) is 0. The predicted molar refractivity (Wildman–Crippen MR) is 80.4 cm³/mol. The van der Waals surface area contributed by atoms with E-state index in [9.17, 15) is 4.79 Å². The lowest BCUT2D eigenvalue weighted by atomic mass is 10.2. The van der Waals surface area contributed by atoms with Crippen LogP contribution < -0.4 is 11.1 Å². The lowest BCUT2D eigenvalue weighted by molar-refractivity contribution is 0.101. The zero-order valence-corrected chi connectivity index (χ0v) is 11.4. The number of nitrogens with zero attached hydrogens (tertiary/aromatic N) is 1. The monoisotopic (exact) mass is 267 g/mol. The molecule has 0 unspecified atom stereocenters. The molecular formula is C16H17N3O. The lowest BCUT2D eigenvalue weighted by Crippen LogP contribution is -2.16. The fourth-order valence-corrected chi connectivity index (χ4v) is 1.88. The molecule has 4 heteroatoms. The second-order valence-electron chi connectivity index (χ2n) is 4.22. The van der Waals surface area contributed by atoms with E-state index < -0.39 is 0 Å². The Bertz CT molecular complexity index is 644. The van der Waals surface area contributed by atoms with Crippen molar-refractivity contribution in [2.75, 3.05) is 11.9 Å². The second kappa shape index (κ2) is 6.60. The number of aryl methyl sites for hydroxylation is 1. The Morgan fingerprint density at radius 1 is 1.30 bits per heavy atom. The molecule has 1 amide bonds. The Morgan fingerprint density at radius 2 is 2.05 bits per heavy atom. The Balaban J connectivity index is 2.08. The van der Waals surface area contributed by atoms with Crippen LogP contribution in [0, 0.1) is 11.8 Å². The maximum Gasteiger partial charge on any atom is 0.272 e. The van der Waals surface area contributed by atoms with Gasteiger partial charge in [-0.2, -0.15) is 0 Å². The van der Waals surface area contributed by atoms with Crippen molar-refractivity contribution in [2.45, 2.75) is 13.5 Å². The van der Waals surface area contributed by atoms with E-state index in [1.54, 1.807) is 6.07 Å². The average molecular weight is 267 g/mol. The summed E-state index contributed by atoms with van der Waals surface area (Å²) in [6.45, 7) is 3.11. The van der Waals surface area contributed by atoms with Crippen molar-refractivity contribution in [1.29, 1.82) is 0 Å². The van der Waals surface area contributed by atoms with Crippen LogP contribution in [0.15, 0.2) is 42.6 Å². The van der Waals surface area contributed by atoms with E-state index in [1.807, 2.05) is 48.0 Å². The summed E-state index contributed by atoms with van der Waals surface area (Å²) in [6, 6.07) is 11.0. The summed E-state index contributed by atoms with van der Waals surface area (Å²) in [4.78, 5) is 12.1. The van der Waals surface area contributed by atoms with Gasteiger partial charge in [0.1, 0.15) is 5.69 Å². The fraction of sp³-hybridized carbons (Fsp3) is 0.188. The molecule has 2 aromatic rings. The first-order valence-corrected chi connectivity index (χ1v) is 6.50. The van der Waals surface area contributed by atoms with Gasteiger partial charge in [-0.3, -0.25) is 4.79 Å². The third-order valence-electron chi connectivity index (χ3n) is 2.88. The predicted octanol–water partition coefficient (Wildman–Crippen LogP) is 2.07. The smallest absolute Gasteiger partial charge is 0.272 e. The molecule has 3 N–H and O–H groups in total. The standard InChI is InChI=1S/C16H17N3O/c1-2-19-12-4-6-15(19)16(20)18-14-9-7-13(8-10-14)5-3-11-17/h4,6-10,12H,2,11,17H2,1H3,(H,18,20). The van der Waals surface area contributed by atoms with E-state index in [-0.39, 0.29) is 5.91 Å². The topological polar surface area (TPSA) is 60.0 Å². The molecule has 0 fully saturated rings. The summed E-state index contributed by atoms with van der Waals surface area (Å²) in [6.07, 6.45) is 1.89. The largest absolute Gasteiger partial charge is 0.344 e. The van der Waals surface area contributed by atoms with E-state index in [1.165, 1.54) is 0 Å². The minimum Gasteiger partial charge on any atom is -0.344 e. The number of amides is 1. The van der Waals surface area contributed by atoms with Gasteiger partial charge in [-0.25, -0.2) is 0 Å². The van der Waals surface area contributed by atoms with Crippen molar-refractivity contribution in [3.8, 4) is 11.8 Å². The number of nitrogens with two attached hydrogens (primary N) is 1. The van der Waals surface area contributed by atoms with Gasteiger partial charge in [-0.1, -0.05) is 11.8 Å².